The number of nitro groups is 1. The maximum atomic E-state index is 11.2. The summed E-state index contributed by atoms with van der Waals surface area (Å²) >= 11 is 2.06. The third kappa shape index (κ3) is 2.90. The summed E-state index contributed by atoms with van der Waals surface area (Å²) in [5.74, 6) is -1.05. The molecule has 0 radical (unpaired) electrons. The lowest BCUT2D eigenvalue weighted by molar-refractivity contribution is -0.388. The van der Waals surface area contributed by atoms with E-state index >= 15 is 0 Å². The molecule has 0 spiro atoms. The summed E-state index contributed by atoms with van der Waals surface area (Å²) < 4.78 is 1.87. The first-order valence-corrected chi connectivity index (χ1v) is 7.57. The molecule has 1 N–H and O–H groups in total. The zero-order valence-corrected chi connectivity index (χ0v) is 13.1. The summed E-state index contributed by atoms with van der Waals surface area (Å²) in [6.07, 6.45) is 0.446. The molecule has 0 aliphatic carbocycles. The molecule has 0 atom stereocenters. The van der Waals surface area contributed by atoms with Gasteiger partial charge >= 0.3 is 11.7 Å². The average molecular weight is 328 g/mol. The molecule has 0 aliphatic rings. The Bertz CT molecular complexity index is 722. The third-order valence-electron chi connectivity index (χ3n) is 2.71. The van der Waals surface area contributed by atoms with Crippen LogP contribution in [0.4, 0.5) is 5.69 Å². The van der Waals surface area contributed by atoms with Crippen LogP contribution in [-0.2, 0) is 13.5 Å². The molecule has 2 aromatic rings. The van der Waals surface area contributed by atoms with E-state index in [2.05, 4.69) is 10.1 Å². The molecule has 2 aromatic heterocycles. The lowest BCUT2D eigenvalue weighted by Gasteiger charge is -1.97. The van der Waals surface area contributed by atoms with E-state index in [0.29, 0.717) is 27.2 Å². The van der Waals surface area contributed by atoms with Crippen LogP contribution < -0.4 is 0 Å². The monoisotopic (exact) mass is 328 g/mol. The summed E-state index contributed by atoms with van der Waals surface area (Å²) in [6, 6.07) is 0. The quantitative estimate of drug-likeness (QED) is 0.663. The molecule has 0 amide bonds. The number of carboxylic acids is 1. The third-order valence-corrected chi connectivity index (χ3v) is 5.07. The highest BCUT2D eigenvalue weighted by Gasteiger charge is 2.27. The first-order valence-electron chi connectivity index (χ1n) is 5.94. The van der Waals surface area contributed by atoms with E-state index in [1.54, 1.807) is 20.9 Å². The van der Waals surface area contributed by atoms with Crippen LogP contribution in [0.2, 0.25) is 0 Å². The highest BCUT2D eigenvalue weighted by molar-refractivity contribution is 8.01. The van der Waals surface area contributed by atoms with Crippen LogP contribution in [0.1, 0.15) is 28.0 Å². The fourth-order valence-corrected chi connectivity index (χ4v) is 3.88. The fourth-order valence-electron chi connectivity index (χ4n) is 1.78. The van der Waals surface area contributed by atoms with Crippen molar-refractivity contribution < 1.29 is 14.8 Å². The SMILES string of the molecule is CCc1nn(C)c(Sc2nc(C)c(C(=O)O)s2)c1[N+](=O)[O-]. The lowest BCUT2D eigenvalue weighted by atomic mass is 10.3. The number of carbonyl (C=O) groups is 1. The van der Waals surface area contributed by atoms with Crippen molar-refractivity contribution in [3.05, 3.63) is 26.4 Å². The number of aromatic nitrogens is 3. The van der Waals surface area contributed by atoms with Gasteiger partial charge in [0.1, 0.15) is 10.6 Å². The van der Waals surface area contributed by atoms with Gasteiger partial charge < -0.3 is 5.11 Å². The fraction of sp³-hybridized carbons (Fsp3) is 0.364. The van der Waals surface area contributed by atoms with Crippen molar-refractivity contribution >= 4 is 34.8 Å². The maximum absolute atomic E-state index is 11.2. The van der Waals surface area contributed by atoms with Crippen molar-refractivity contribution in [3.8, 4) is 0 Å². The number of thiazole rings is 1. The summed E-state index contributed by atoms with van der Waals surface area (Å²) in [5.41, 5.74) is 0.752. The summed E-state index contributed by atoms with van der Waals surface area (Å²) in [4.78, 5) is 26.0. The van der Waals surface area contributed by atoms with Crippen LogP contribution >= 0.6 is 23.1 Å². The van der Waals surface area contributed by atoms with Crippen molar-refractivity contribution in [1.82, 2.24) is 14.8 Å². The minimum absolute atomic E-state index is 0.0465. The highest BCUT2D eigenvalue weighted by atomic mass is 32.2. The number of nitrogens with zero attached hydrogens (tertiary/aromatic N) is 4. The zero-order valence-electron chi connectivity index (χ0n) is 11.5. The van der Waals surface area contributed by atoms with E-state index < -0.39 is 10.9 Å². The van der Waals surface area contributed by atoms with Gasteiger partial charge in [0.15, 0.2) is 9.37 Å². The summed E-state index contributed by atoms with van der Waals surface area (Å²) in [5, 5.41) is 24.7. The molecular formula is C11H12N4O4S2. The van der Waals surface area contributed by atoms with E-state index in [4.69, 9.17) is 5.11 Å². The molecule has 8 nitrogen and oxygen atoms in total. The number of aryl methyl sites for hydroxylation is 3. The number of carboxylic acid groups (broad SMARTS) is 1. The van der Waals surface area contributed by atoms with Gasteiger partial charge in [-0.3, -0.25) is 14.8 Å². The largest absolute Gasteiger partial charge is 0.477 e. The van der Waals surface area contributed by atoms with E-state index in [1.807, 2.05) is 0 Å². The van der Waals surface area contributed by atoms with Gasteiger partial charge in [0.05, 0.1) is 10.6 Å². The van der Waals surface area contributed by atoms with E-state index in [-0.39, 0.29) is 10.6 Å². The molecular weight excluding hydrogens is 316 g/mol. The Hall–Kier alpha value is -1.94. The second-order valence-corrected chi connectivity index (χ2v) is 6.37. The van der Waals surface area contributed by atoms with Gasteiger partial charge in [0, 0.05) is 7.05 Å². The van der Waals surface area contributed by atoms with E-state index in [1.165, 1.54) is 4.68 Å². The molecule has 0 unspecified atom stereocenters. The summed E-state index contributed by atoms with van der Waals surface area (Å²) in [6.45, 7) is 3.39. The Morgan fingerprint density at radius 2 is 2.24 bits per heavy atom. The first kappa shape index (κ1) is 15.4. The molecule has 0 fully saturated rings. The lowest BCUT2D eigenvalue weighted by Crippen LogP contribution is -1.94. The minimum atomic E-state index is -1.05. The van der Waals surface area contributed by atoms with Crippen molar-refractivity contribution in [2.75, 3.05) is 0 Å². The maximum Gasteiger partial charge on any atom is 0.347 e. The molecule has 0 saturated heterocycles. The average Bonchev–Trinajstić information content (AvgIpc) is 2.91. The molecule has 0 bridgehead atoms. The highest BCUT2D eigenvalue weighted by Crippen LogP contribution is 2.39. The second kappa shape index (κ2) is 5.82. The van der Waals surface area contributed by atoms with Gasteiger partial charge in [-0.25, -0.2) is 9.78 Å². The van der Waals surface area contributed by atoms with E-state index in [9.17, 15) is 14.9 Å². The van der Waals surface area contributed by atoms with Crippen molar-refractivity contribution in [2.45, 2.75) is 29.6 Å². The van der Waals surface area contributed by atoms with Gasteiger partial charge in [-0.15, -0.1) is 0 Å². The van der Waals surface area contributed by atoms with Crippen molar-refractivity contribution in [1.29, 1.82) is 0 Å². The Kier molecular flexibility index (Phi) is 4.28. The van der Waals surface area contributed by atoms with Gasteiger partial charge in [-0.05, 0) is 25.1 Å². The van der Waals surface area contributed by atoms with Crippen molar-refractivity contribution in [2.24, 2.45) is 7.05 Å². The predicted molar refractivity (Wildman–Crippen MR) is 77.2 cm³/mol. The van der Waals surface area contributed by atoms with Crippen LogP contribution in [0.15, 0.2) is 9.37 Å². The number of aromatic carboxylic acids is 1. The smallest absolute Gasteiger partial charge is 0.347 e. The second-order valence-electron chi connectivity index (χ2n) is 4.14. The Balaban J connectivity index is 2.44. The molecule has 0 aromatic carbocycles. The van der Waals surface area contributed by atoms with Crippen LogP contribution in [0, 0.1) is 17.0 Å². The van der Waals surface area contributed by atoms with E-state index in [0.717, 1.165) is 23.1 Å². The molecule has 0 saturated carbocycles. The minimum Gasteiger partial charge on any atom is -0.477 e. The first-order chi connectivity index (χ1) is 9.85. The standard InChI is InChI=1S/C11H12N4O4S2/c1-4-6-7(15(18)19)9(14(3)13-6)21-11-12-5(2)8(20-11)10(16)17/h4H2,1-3H3,(H,16,17). The van der Waals surface area contributed by atoms with Crippen LogP contribution in [0.3, 0.4) is 0 Å². The Labute approximate surface area is 128 Å². The normalized spacial score (nSPS) is 10.8. The van der Waals surface area contributed by atoms with Gasteiger partial charge in [-0.1, -0.05) is 18.3 Å². The van der Waals surface area contributed by atoms with Gasteiger partial charge in [-0.2, -0.15) is 5.10 Å². The molecule has 2 heterocycles. The number of rotatable bonds is 5. The van der Waals surface area contributed by atoms with Crippen LogP contribution in [-0.4, -0.2) is 30.8 Å². The molecule has 2 rings (SSSR count). The van der Waals surface area contributed by atoms with Crippen LogP contribution in [0.25, 0.3) is 0 Å². The summed E-state index contributed by atoms with van der Waals surface area (Å²) in [7, 11) is 1.62. The van der Waals surface area contributed by atoms with Crippen LogP contribution in [0.5, 0.6) is 0 Å². The predicted octanol–water partition coefficient (Wildman–Crippen LogP) is 2.51. The molecule has 10 heteroatoms. The number of hydrogen-bond donors (Lipinski definition) is 1. The molecule has 21 heavy (non-hydrogen) atoms. The topological polar surface area (TPSA) is 111 Å². The Morgan fingerprint density at radius 3 is 2.71 bits per heavy atom. The van der Waals surface area contributed by atoms with Gasteiger partial charge in [0.25, 0.3) is 0 Å². The van der Waals surface area contributed by atoms with Crippen molar-refractivity contribution in [3.63, 3.8) is 0 Å². The Morgan fingerprint density at radius 1 is 1.57 bits per heavy atom. The molecule has 112 valence electrons. The molecule has 0 aliphatic heterocycles. The zero-order chi connectivity index (χ0) is 15.7. The number of hydrogen-bond acceptors (Lipinski definition) is 7. The van der Waals surface area contributed by atoms with Gasteiger partial charge in [0.2, 0.25) is 0 Å².